The van der Waals surface area contributed by atoms with Crippen molar-refractivity contribution in [3.63, 3.8) is 0 Å². The minimum Gasteiger partial charge on any atom is -0.494 e. The molecule has 2 aliphatic carbocycles. The maximum atomic E-state index is 12.3. The number of ketones is 1. The molecule has 5 nitrogen and oxygen atoms in total. The van der Waals surface area contributed by atoms with Crippen molar-refractivity contribution < 1.29 is 19.1 Å². The van der Waals surface area contributed by atoms with E-state index in [1.165, 1.54) is 6.42 Å². The van der Waals surface area contributed by atoms with Crippen molar-refractivity contribution in [1.82, 2.24) is 4.90 Å². The first kappa shape index (κ1) is 21.3. The molecule has 0 bridgehead atoms. The van der Waals surface area contributed by atoms with Gasteiger partial charge in [-0.25, -0.2) is 4.79 Å². The van der Waals surface area contributed by atoms with Crippen LogP contribution in [0, 0.1) is 23.7 Å². The van der Waals surface area contributed by atoms with E-state index in [1.807, 2.05) is 11.8 Å². The summed E-state index contributed by atoms with van der Waals surface area (Å²) in [6.45, 7) is 4.49. The van der Waals surface area contributed by atoms with Gasteiger partial charge in [-0.2, -0.15) is 0 Å². The van der Waals surface area contributed by atoms with Crippen LogP contribution in [0.5, 0.6) is 5.75 Å². The van der Waals surface area contributed by atoms with Crippen LogP contribution in [0.2, 0.25) is 0 Å². The smallest absolute Gasteiger partial charge is 0.409 e. The third-order valence-corrected chi connectivity index (χ3v) is 6.77. The Hall–Kier alpha value is -1.91. The number of nitrogens with zero attached hydrogens (tertiary/aromatic N) is 1. The number of carbonyl (C=O) groups is 2. The molecule has 4 rings (SSSR count). The molecule has 1 aliphatic heterocycles. The lowest BCUT2D eigenvalue weighted by Gasteiger charge is -2.31. The number of ether oxygens (including phenoxy) is 2. The zero-order chi connectivity index (χ0) is 21.3. The predicted molar refractivity (Wildman–Crippen MR) is 117 cm³/mol. The Morgan fingerprint density at radius 2 is 1.77 bits per heavy atom. The largest absolute Gasteiger partial charge is 0.494 e. The van der Waals surface area contributed by atoms with Crippen LogP contribution in [-0.4, -0.2) is 58.8 Å². The second-order valence-corrected chi connectivity index (χ2v) is 8.94. The summed E-state index contributed by atoms with van der Waals surface area (Å²) in [6, 6.07) is 3.45. The summed E-state index contributed by atoms with van der Waals surface area (Å²) >= 11 is 0. The number of hydrogen-bond acceptors (Lipinski definition) is 4. The summed E-state index contributed by atoms with van der Waals surface area (Å²) in [6.07, 6.45) is 6.05. The summed E-state index contributed by atoms with van der Waals surface area (Å²) in [5, 5.41) is 0. The number of rotatable bonds is 8. The average molecular weight is 405 g/mol. The van der Waals surface area contributed by atoms with Crippen molar-refractivity contribution in [3.05, 3.63) is 17.7 Å². The third-order valence-electron chi connectivity index (χ3n) is 6.77. The summed E-state index contributed by atoms with van der Waals surface area (Å²) in [5.74, 6) is 2.92. The highest BCUT2D eigenvalue weighted by Crippen LogP contribution is 2.49. The first-order chi connectivity index (χ1) is 14.5. The molecule has 0 spiro atoms. The van der Waals surface area contributed by atoms with E-state index < -0.39 is 0 Å². The SMILES string of the molecule is [B]c1cc(OCC[C@@H]2C[C@@H]2C2CCN(C(=O)OCC)CC2)cc([B])c1C(=O)C1CC1. The van der Waals surface area contributed by atoms with Gasteiger partial charge in [0, 0.05) is 24.6 Å². The molecular formula is C23H29B2NO4. The minimum absolute atomic E-state index is 0.0615. The standard InChI is InChI=1S/C23H29B2NO4/c1-2-29-23(28)26-8-5-14(6-9-26)18-11-16(18)7-10-30-17-12-19(24)21(20(25)13-17)22(27)15-3-4-15/h12-16,18H,2-11H2,1H3/t16-,18-/m1/s1. The number of Topliss-reactive ketones (excluding diaryl/α,β-unsaturated/α-hetero) is 1. The first-order valence-electron chi connectivity index (χ1n) is 11.3. The molecule has 1 aromatic rings. The zero-order valence-electron chi connectivity index (χ0n) is 17.8. The highest BCUT2D eigenvalue weighted by atomic mass is 16.6. The van der Waals surface area contributed by atoms with Gasteiger partial charge in [0.1, 0.15) is 21.4 Å². The molecule has 1 amide bonds. The number of piperidine rings is 1. The summed E-state index contributed by atoms with van der Waals surface area (Å²) in [4.78, 5) is 26.0. The van der Waals surface area contributed by atoms with E-state index in [4.69, 9.17) is 25.2 Å². The number of amides is 1. The van der Waals surface area contributed by atoms with Crippen molar-refractivity contribution in [2.75, 3.05) is 26.3 Å². The monoisotopic (exact) mass is 405 g/mol. The zero-order valence-corrected chi connectivity index (χ0v) is 17.8. The second-order valence-electron chi connectivity index (χ2n) is 8.94. The molecule has 0 aromatic heterocycles. The Balaban J connectivity index is 1.20. The van der Waals surface area contributed by atoms with Gasteiger partial charge in [-0.1, -0.05) is 10.9 Å². The number of hydrogen-bond donors (Lipinski definition) is 0. The van der Waals surface area contributed by atoms with Gasteiger partial charge in [0.05, 0.1) is 13.2 Å². The van der Waals surface area contributed by atoms with E-state index in [0.717, 1.165) is 51.1 Å². The highest BCUT2D eigenvalue weighted by molar-refractivity contribution is 6.44. The fourth-order valence-electron chi connectivity index (χ4n) is 4.81. The van der Waals surface area contributed by atoms with Crippen LogP contribution in [0.15, 0.2) is 12.1 Å². The lowest BCUT2D eigenvalue weighted by atomic mass is 9.78. The van der Waals surface area contributed by atoms with Crippen LogP contribution in [-0.2, 0) is 4.74 Å². The van der Waals surface area contributed by atoms with Crippen molar-refractivity contribution in [2.45, 2.75) is 45.4 Å². The molecule has 1 saturated heterocycles. The van der Waals surface area contributed by atoms with Crippen molar-refractivity contribution in [3.8, 4) is 5.75 Å². The van der Waals surface area contributed by atoms with Gasteiger partial charge in [-0.15, -0.1) is 0 Å². The molecule has 2 atom stereocenters. The van der Waals surface area contributed by atoms with Gasteiger partial charge in [0.2, 0.25) is 0 Å². The number of carbonyl (C=O) groups excluding carboxylic acids is 2. The fourth-order valence-corrected chi connectivity index (χ4v) is 4.81. The molecule has 0 N–H and O–H groups in total. The van der Waals surface area contributed by atoms with Crippen LogP contribution >= 0.6 is 0 Å². The topological polar surface area (TPSA) is 55.8 Å². The highest BCUT2D eigenvalue weighted by Gasteiger charge is 2.43. The molecule has 7 heteroatoms. The van der Waals surface area contributed by atoms with E-state index in [9.17, 15) is 9.59 Å². The van der Waals surface area contributed by atoms with Crippen molar-refractivity contribution >= 4 is 38.5 Å². The molecule has 156 valence electrons. The molecule has 3 aliphatic rings. The average Bonchev–Trinajstić information content (AvgIpc) is 3.62. The number of likely N-dealkylation sites (tertiary alicyclic amines) is 1. The summed E-state index contributed by atoms with van der Waals surface area (Å²) in [5.41, 5.74) is 1.29. The summed E-state index contributed by atoms with van der Waals surface area (Å²) < 4.78 is 11.0. The Bertz CT molecular complexity index is 779. The van der Waals surface area contributed by atoms with Gasteiger partial charge in [-0.05, 0) is 75.3 Å². The lowest BCUT2D eigenvalue weighted by molar-refractivity contribution is 0.0886. The minimum atomic E-state index is -0.180. The Labute approximate surface area is 181 Å². The number of benzene rings is 1. The second kappa shape index (κ2) is 9.07. The molecule has 30 heavy (non-hydrogen) atoms. The van der Waals surface area contributed by atoms with Gasteiger partial charge in [0.25, 0.3) is 0 Å². The molecule has 2 saturated carbocycles. The van der Waals surface area contributed by atoms with Crippen molar-refractivity contribution in [2.24, 2.45) is 23.7 Å². The normalized spacial score (nSPS) is 23.8. The van der Waals surface area contributed by atoms with Crippen LogP contribution in [0.1, 0.15) is 55.8 Å². The van der Waals surface area contributed by atoms with E-state index >= 15 is 0 Å². The Morgan fingerprint density at radius 1 is 1.10 bits per heavy atom. The lowest BCUT2D eigenvalue weighted by Crippen LogP contribution is -2.39. The van der Waals surface area contributed by atoms with Crippen LogP contribution in [0.3, 0.4) is 0 Å². The maximum Gasteiger partial charge on any atom is 0.409 e. The van der Waals surface area contributed by atoms with E-state index in [-0.39, 0.29) is 17.8 Å². The quantitative estimate of drug-likeness (QED) is 0.492. The van der Waals surface area contributed by atoms with Gasteiger partial charge >= 0.3 is 6.09 Å². The first-order valence-corrected chi connectivity index (χ1v) is 11.3. The molecule has 4 radical (unpaired) electrons. The van der Waals surface area contributed by atoms with Crippen LogP contribution in [0.4, 0.5) is 4.79 Å². The van der Waals surface area contributed by atoms with E-state index in [2.05, 4.69) is 0 Å². The molecular weight excluding hydrogens is 376 g/mol. The summed E-state index contributed by atoms with van der Waals surface area (Å²) in [7, 11) is 12.2. The predicted octanol–water partition coefficient (Wildman–Crippen LogP) is 2.14. The van der Waals surface area contributed by atoms with Crippen LogP contribution < -0.4 is 15.7 Å². The van der Waals surface area contributed by atoms with Gasteiger partial charge in [0.15, 0.2) is 5.78 Å². The molecule has 1 heterocycles. The molecule has 0 unspecified atom stereocenters. The van der Waals surface area contributed by atoms with E-state index in [0.29, 0.717) is 47.3 Å². The maximum absolute atomic E-state index is 12.3. The molecule has 1 aromatic carbocycles. The van der Waals surface area contributed by atoms with E-state index in [1.54, 1.807) is 12.1 Å². The van der Waals surface area contributed by atoms with Crippen LogP contribution in [0.25, 0.3) is 0 Å². The molecule has 3 fully saturated rings. The Kier molecular flexibility index (Phi) is 6.45. The van der Waals surface area contributed by atoms with Crippen molar-refractivity contribution in [1.29, 1.82) is 0 Å². The fraction of sp³-hybridized carbons (Fsp3) is 0.652. The third kappa shape index (κ3) is 4.87. The Morgan fingerprint density at radius 3 is 2.37 bits per heavy atom. The van der Waals surface area contributed by atoms with Gasteiger partial charge < -0.3 is 14.4 Å². The van der Waals surface area contributed by atoms with Gasteiger partial charge in [-0.3, -0.25) is 4.79 Å².